The molecule has 0 radical (unpaired) electrons. The Morgan fingerprint density at radius 3 is 2.57 bits per heavy atom. The molecule has 0 saturated heterocycles. The Labute approximate surface area is 94.9 Å². The summed E-state index contributed by atoms with van der Waals surface area (Å²) in [6.45, 7) is 2.71. The quantitative estimate of drug-likeness (QED) is 0.298. The second-order valence-electron chi connectivity index (χ2n) is 2.11. The van der Waals surface area contributed by atoms with Gasteiger partial charge in [0.05, 0.1) is 6.61 Å². The average Bonchev–Trinajstić information content (AvgIpc) is 2.04. The second kappa shape index (κ2) is 7.12. The molecule has 2 atom stereocenters. The third-order valence-corrected chi connectivity index (χ3v) is 2.19. The van der Waals surface area contributed by atoms with E-state index in [0.29, 0.717) is 0 Å². The summed E-state index contributed by atoms with van der Waals surface area (Å²) in [6.07, 6.45) is 4.00. The van der Waals surface area contributed by atoms with Gasteiger partial charge in [-0.3, -0.25) is 4.57 Å². The summed E-state index contributed by atoms with van der Waals surface area (Å²) in [4.78, 5) is 21.7. The van der Waals surface area contributed by atoms with Crippen LogP contribution in [0.2, 0.25) is 0 Å². The summed E-state index contributed by atoms with van der Waals surface area (Å²) in [5.41, 5.74) is -1.43. The smallest absolute Gasteiger partial charge is 0.770 e. The zero-order valence-electron chi connectivity index (χ0n) is 8.35. The van der Waals surface area contributed by atoms with E-state index in [9.17, 15) is 14.3 Å². The molecule has 5 nitrogen and oxygen atoms in total. The van der Waals surface area contributed by atoms with Crippen LogP contribution in [0.1, 0.15) is 13.8 Å². The molecule has 0 aromatic heterocycles. The van der Waals surface area contributed by atoms with E-state index in [1.807, 2.05) is 0 Å². The van der Waals surface area contributed by atoms with Crippen LogP contribution in [0.4, 0.5) is 4.79 Å². The first-order valence-corrected chi connectivity index (χ1v) is 5.11. The third kappa shape index (κ3) is 5.50. The summed E-state index contributed by atoms with van der Waals surface area (Å²) in [5, 5.41) is 0. The van der Waals surface area contributed by atoms with Gasteiger partial charge >= 0.3 is 24.6 Å². The zero-order chi connectivity index (χ0) is 10.5. The summed E-state index contributed by atoms with van der Waals surface area (Å²) >= 11 is 0. The largest absolute Gasteiger partial charge is 1.00 e. The fourth-order valence-corrected chi connectivity index (χ4v) is 1.21. The maximum absolute atomic E-state index is 10.8. The van der Waals surface area contributed by atoms with Gasteiger partial charge < -0.3 is 14.2 Å². The molecular weight excluding hydrogens is 202 g/mol. The van der Waals surface area contributed by atoms with Crippen LogP contribution in [0.15, 0.2) is 0 Å². The molecule has 0 fully saturated rings. The van der Waals surface area contributed by atoms with E-state index in [0.717, 1.165) is 0 Å². The molecular formula is C7H10LiO5P. The Hall–Kier alpha value is -0.223. The predicted molar refractivity (Wildman–Crippen MR) is 44.0 cm³/mol. The molecule has 0 amide bonds. The van der Waals surface area contributed by atoms with E-state index >= 15 is 0 Å². The Morgan fingerprint density at radius 2 is 2.21 bits per heavy atom. The number of hydrogen-bond donors (Lipinski definition) is 0. The molecule has 0 aromatic rings. The monoisotopic (exact) mass is 212 g/mol. The maximum atomic E-state index is 10.8. The molecule has 74 valence electrons. The molecule has 0 rings (SSSR count). The Balaban J connectivity index is 0. The van der Waals surface area contributed by atoms with Crippen molar-refractivity contribution in [3.8, 4) is 12.3 Å². The molecule has 0 N–H and O–H groups in total. The fourth-order valence-electron chi connectivity index (χ4n) is 0.472. The zero-order valence-corrected chi connectivity index (χ0v) is 9.24. The summed E-state index contributed by atoms with van der Waals surface area (Å²) < 4.78 is 19.4. The number of rotatable bonds is 4. The van der Waals surface area contributed by atoms with Crippen LogP contribution in [0.3, 0.4) is 0 Å². The van der Waals surface area contributed by atoms with Crippen LogP contribution < -0.4 is 23.8 Å². The molecule has 14 heavy (non-hydrogen) atoms. The van der Waals surface area contributed by atoms with Gasteiger partial charge in [0.2, 0.25) is 7.60 Å². The standard InChI is InChI=1S/C7H11O5P.Li/c1-4-6(3)12-7(8)13(9,10)11-5-2;/h1,6H,5H2,2-3H3,(H,9,10);/q;+1/p-1. The van der Waals surface area contributed by atoms with Crippen molar-refractivity contribution in [3.63, 3.8) is 0 Å². The van der Waals surface area contributed by atoms with Crippen molar-refractivity contribution in [1.29, 1.82) is 0 Å². The van der Waals surface area contributed by atoms with E-state index in [-0.39, 0.29) is 25.5 Å². The van der Waals surface area contributed by atoms with E-state index in [4.69, 9.17) is 6.42 Å². The van der Waals surface area contributed by atoms with Crippen molar-refractivity contribution in [1.82, 2.24) is 0 Å². The van der Waals surface area contributed by atoms with Gasteiger partial charge in [-0.2, -0.15) is 0 Å². The van der Waals surface area contributed by atoms with Gasteiger partial charge in [0, 0.05) is 0 Å². The summed E-state index contributed by atoms with van der Waals surface area (Å²) in [6, 6.07) is 0. The average molecular weight is 212 g/mol. The third-order valence-electron chi connectivity index (χ3n) is 1.03. The van der Waals surface area contributed by atoms with E-state index in [1.165, 1.54) is 13.8 Å². The minimum atomic E-state index is -4.56. The van der Waals surface area contributed by atoms with Gasteiger partial charge in [-0.25, -0.2) is 4.79 Å². The van der Waals surface area contributed by atoms with Gasteiger partial charge in [-0.1, -0.05) is 5.92 Å². The van der Waals surface area contributed by atoms with E-state index < -0.39 is 19.4 Å². The molecule has 0 aliphatic rings. The molecule has 0 saturated carbocycles. The van der Waals surface area contributed by atoms with Crippen molar-refractivity contribution in [2.45, 2.75) is 20.0 Å². The van der Waals surface area contributed by atoms with Crippen LogP contribution in [0.25, 0.3) is 0 Å². The van der Waals surface area contributed by atoms with Crippen LogP contribution in [-0.4, -0.2) is 18.4 Å². The Kier molecular flexibility index (Phi) is 8.25. The van der Waals surface area contributed by atoms with Crippen LogP contribution in [-0.2, 0) is 13.8 Å². The molecule has 0 aromatic carbocycles. The predicted octanol–water partition coefficient (Wildman–Crippen LogP) is -2.26. The van der Waals surface area contributed by atoms with Gasteiger partial charge in [0.25, 0.3) is 0 Å². The number of carbonyl (C=O) groups is 1. The molecule has 0 spiro atoms. The number of terminal acetylenes is 1. The van der Waals surface area contributed by atoms with Crippen molar-refractivity contribution < 1.29 is 42.4 Å². The molecule has 0 aliphatic heterocycles. The summed E-state index contributed by atoms with van der Waals surface area (Å²) in [5.74, 6) is 2.05. The number of carbonyl (C=O) groups excluding carboxylic acids is 1. The van der Waals surface area contributed by atoms with Gasteiger partial charge in [-0.15, -0.1) is 6.42 Å². The normalized spacial score (nSPS) is 15.6. The fraction of sp³-hybridized carbons (Fsp3) is 0.571. The molecule has 0 bridgehead atoms. The number of hydrogen-bond acceptors (Lipinski definition) is 5. The number of ether oxygens (including phenoxy) is 1. The van der Waals surface area contributed by atoms with Crippen LogP contribution >= 0.6 is 7.60 Å². The molecule has 0 heterocycles. The minimum Gasteiger partial charge on any atom is -0.770 e. The van der Waals surface area contributed by atoms with Crippen LogP contribution in [0.5, 0.6) is 0 Å². The van der Waals surface area contributed by atoms with Crippen molar-refractivity contribution in [3.05, 3.63) is 0 Å². The Bertz CT molecular complexity index is 272. The van der Waals surface area contributed by atoms with E-state index in [1.54, 1.807) is 0 Å². The second-order valence-corrected chi connectivity index (χ2v) is 3.73. The SMILES string of the molecule is C#CC(C)OC(=O)P(=O)([O-])OCC.[Li+]. The Morgan fingerprint density at radius 1 is 1.71 bits per heavy atom. The first-order chi connectivity index (χ1) is 5.94. The molecule has 2 unspecified atom stereocenters. The topological polar surface area (TPSA) is 75.7 Å². The van der Waals surface area contributed by atoms with Crippen molar-refractivity contribution >= 4 is 13.3 Å². The molecule has 0 aliphatic carbocycles. The minimum absolute atomic E-state index is 0. The van der Waals surface area contributed by atoms with Crippen LogP contribution in [0, 0.1) is 12.3 Å². The van der Waals surface area contributed by atoms with Crippen molar-refractivity contribution in [2.24, 2.45) is 0 Å². The van der Waals surface area contributed by atoms with E-state index in [2.05, 4.69) is 15.2 Å². The van der Waals surface area contributed by atoms with Gasteiger partial charge in [0.15, 0.2) is 6.10 Å². The van der Waals surface area contributed by atoms with Gasteiger partial charge in [-0.05, 0) is 13.8 Å². The first kappa shape index (κ1) is 16.2. The first-order valence-electron chi connectivity index (χ1n) is 3.57. The maximum Gasteiger partial charge on any atom is 1.00 e. The molecule has 7 heteroatoms. The summed E-state index contributed by atoms with van der Waals surface area (Å²) in [7, 11) is -4.56. The van der Waals surface area contributed by atoms with Gasteiger partial charge in [0.1, 0.15) is 0 Å². The van der Waals surface area contributed by atoms with Crippen molar-refractivity contribution in [2.75, 3.05) is 6.61 Å².